The molecule has 1 saturated heterocycles. The highest BCUT2D eigenvalue weighted by molar-refractivity contribution is 5.03. The fourth-order valence-electron chi connectivity index (χ4n) is 2.12. The van der Waals surface area contributed by atoms with Crippen LogP contribution in [0.2, 0.25) is 0 Å². The summed E-state index contributed by atoms with van der Waals surface area (Å²) in [4.78, 5) is 25.2. The summed E-state index contributed by atoms with van der Waals surface area (Å²) in [7, 11) is 1.37. The lowest BCUT2D eigenvalue weighted by atomic mass is 10.1. The quantitative estimate of drug-likeness (QED) is 0.593. The van der Waals surface area contributed by atoms with E-state index in [0.29, 0.717) is 5.56 Å². The first-order valence-corrected chi connectivity index (χ1v) is 5.78. The summed E-state index contributed by atoms with van der Waals surface area (Å²) >= 11 is 0. The van der Waals surface area contributed by atoms with Gasteiger partial charge < -0.3 is 19.7 Å². The molecule has 0 unspecified atom stereocenters. The molecule has 3 N–H and O–H groups in total. The van der Waals surface area contributed by atoms with Crippen molar-refractivity contribution >= 4 is 0 Å². The minimum atomic E-state index is -1.06. The van der Waals surface area contributed by atoms with E-state index in [1.807, 2.05) is 0 Å². The number of aliphatic hydroxyl groups excluding tert-OH is 2. The van der Waals surface area contributed by atoms with Crippen LogP contribution in [0.1, 0.15) is 11.8 Å². The van der Waals surface area contributed by atoms with Crippen LogP contribution in [0.15, 0.2) is 15.8 Å². The molecule has 1 fully saturated rings. The molecule has 0 aromatic carbocycles. The molecule has 0 bridgehead atoms. The Kier molecular flexibility index (Phi) is 3.85. The Labute approximate surface area is 108 Å². The Balaban J connectivity index is 2.44. The number of hydrogen-bond donors (Lipinski definition) is 3. The second kappa shape index (κ2) is 5.25. The van der Waals surface area contributed by atoms with E-state index >= 15 is 0 Å². The van der Waals surface area contributed by atoms with Crippen molar-refractivity contribution in [2.24, 2.45) is 0 Å². The van der Waals surface area contributed by atoms with Gasteiger partial charge in [0.05, 0.1) is 6.61 Å². The van der Waals surface area contributed by atoms with E-state index in [1.54, 1.807) is 6.92 Å². The molecule has 0 saturated carbocycles. The van der Waals surface area contributed by atoms with Gasteiger partial charge in [0, 0.05) is 18.9 Å². The second-order valence-corrected chi connectivity index (χ2v) is 4.42. The molecule has 2 heterocycles. The Morgan fingerprint density at radius 1 is 1.53 bits per heavy atom. The van der Waals surface area contributed by atoms with Crippen molar-refractivity contribution in [2.75, 3.05) is 13.7 Å². The first-order chi connectivity index (χ1) is 8.99. The third-order valence-corrected chi connectivity index (χ3v) is 3.18. The maximum Gasteiger partial charge on any atom is 0.330 e. The van der Waals surface area contributed by atoms with Crippen LogP contribution >= 0.6 is 0 Å². The number of aromatic nitrogens is 2. The predicted molar refractivity (Wildman–Crippen MR) is 63.9 cm³/mol. The van der Waals surface area contributed by atoms with Gasteiger partial charge in [0.25, 0.3) is 5.56 Å². The highest BCUT2D eigenvalue weighted by Crippen LogP contribution is 2.30. The van der Waals surface area contributed by atoms with Gasteiger partial charge in [-0.1, -0.05) is 0 Å². The van der Waals surface area contributed by atoms with Gasteiger partial charge >= 0.3 is 5.69 Å². The van der Waals surface area contributed by atoms with E-state index in [0.717, 1.165) is 4.57 Å². The normalized spacial score (nSPS) is 30.7. The molecule has 1 aromatic rings. The topological polar surface area (TPSA) is 114 Å². The summed E-state index contributed by atoms with van der Waals surface area (Å²) < 4.78 is 11.7. The minimum absolute atomic E-state index is 0.333. The first-order valence-electron chi connectivity index (χ1n) is 5.78. The number of aromatic amines is 1. The zero-order valence-corrected chi connectivity index (χ0v) is 10.6. The maximum atomic E-state index is 11.8. The average molecular weight is 272 g/mol. The zero-order valence-electron chi connectivity index (χ0n) is 10.6. The van der Waals surface area contributed by atoms with Gasteiger partial charge in [0.15, 0.2) is 6.23 Å². The molecule has 0 spiro atoms. The summed E-state index contributed by atoms with van der Waals surface area (Å²) in [5.41, 5.74) is -0.805. The molecule has 19 heavy (non-hydrogen) atoms. The van der Waals surface area contributed by atoms with E-state index in [4.69, 9.17) is 14.6 Å². The Morgan fingerprint density at radius 3 is 2.79 bits per heavy atom. The zero-order chi connectivity index (χ0) is 14.2. The monoisotopic (exact) mass is 272 g/mol. The Hall–Kier alpha value is -1.48. The third kappa shape index (κ3) is 2.35. The number of hydrogen-bond acceptors (Lipinski definition) is 6. The van der Waals surface area contributed by atoms with Crippen LogP contribution in [-0.4, -0.2) is 51.8 Å². The van der Waals surface area contributed by atoms with Gasteiger partial charge in [0.2, 0.25) is 0 Å². The molecular formula is C11H16N2O6. The fraction of sp³-hybridized carbons (Fsp3) is 0.636. The number of rotatable bonds is 3. The molecule has 4 atom stereocenters. The summed E-state index contributed by atoms with van der Waals surface area (Å²) in [5, 5.41) is 19.0. The number of H-pyrrole nitrogens is 1. The van der Waals surface area contributed by atoms with Gasteiger partial charge in [-0.3, -0.25) is 14.3 Å². The first kappa shape index (κ1) is 13.9. The van der Waals surface area contributed by atoms with Crippen LogP contribution in [0.25, 0.3) is 0 Å². The number of nitrogens with one attached hydrogen (secondary N) is 1. The van der Waals surface area contributed by atoms with Crippen molar-refractivity contribution < 1.29 is 19.7 Å². The fourth-order valence-corrected chi connectivity index (χ4v) is 2.12. The minimum Gasteiger partial charge on any atom is -0.394 e. The molecule has 0 aliphatic carbocycles. The lowest BCUT2D eigenvalue weighted by Gasteiger charge is -2.20. The van der Waals surface area contributed by atoms with Gasteiger partial charge in [-0.05, 0) is 6.92 Å². The molecule has 0 amide bonds. The van der Waals surface area contributed by atoms with E-state index in [9.17, 15) is 14.7 Å². The van der Waals surface area contributed by atoms with E-state index in [1.165, 1.54) is 13.3 Å². The van der Waals surface area contributed by atoms with Gasteiger partial charge in [-0.15, -0.1) is 0 Å². The Bertz CT molecular complexity index is 565. The molecular weight excluding hydrogens is 256 g/mol. The molecule has 8 nitrogen and oxygen atoms in total. The lowest BCUT2D eigenvalue weighted by molar-refractivity contribution is -0.0626. The third-order valence-electron chi connectivity index (χ3n) is 3.18. The van der Waals surface area contributed by atoms with Gasteiger partial charge in [-0.2, -0.15) is 0 Å². The van der Waals surface area contributed by atoms with Crippen molar-refractivity contribution in [3.63, 3.8) is 0 Å². The van der Waals surface area contributed by atoms with Crippen LogP contribution in [0.3, 0.4) is 0 Å². The number of methoxy groups -OCH3 is 1. The highest BCUT2D eigenvalue weighted by Gasteiger charge is 2.45. The van der Waals surface area contributed by atoms with E-state index < -0.39 is 42.4 Å². The second-order valence-electron chi connectivity index (χ2n) is 4.42. The molecule has 1 aromatic heterocycles. The summed E-state index contributed by atoms with van der Waals surface area (Å²) in [6, 6.07) is 0. The molecule has 1 aliphatic rings. The Morgan fingerprint density at radius 2 is 2.21 bits per heavy atom. The van der Waals surface area contributed by atoms with Crippen LogP contribution in [0.5, 0.6) is 0 Å². The van der Waals surface area contributed by atoms with Crippen LogP contribution < -0.4 is 11.2 Å². The molecule has 1 aliphatic heterocycles. The molecule has 2 rings (SSSR count). The average Bonchev–Trinajstić information content (AvgIpc) is 2.70. The van der Waals surface area contributed by atoms with Crippen LogP contribution in [0.4, 0.5) is 0 Å². The number of aliphatic hydroxyl groups is 2. The standard InChI is InChI=1S/C11H16N2O6/c1-5-3-13(11(17)12-9(5)16)10-8(18-2)7(15)6(4-14)19-10/h3,6-8,10,14-15H,4H2,1-2H3,(H,12,16,17)/t6-,7+,8-,10-/m1/s1. The van der Waals surface area contributed by atoms with Crippen molar-refractivity contribution in [2.45, 2.75) is 31.5 Å². The molecule has 8 heteroatoms. The molecule has 0 radical (unpaired) electrons. The largest absolute Gasteiger partial charge is 0.394 e. The van der Waals surface area contributed by atoms with Crippen LogP contribution in [0, 0.1) is 6.92 Å². The van der Waals surface area contributed by atoms with Gasteiger partial charge in [0.1, 0.15) is 18.3 Å². The SMILES string of the molecule is CO[C@@H]1[C@@H](O)[C@@H](CO)O[C@H]1n1cc(C)c(=O)[nH]c1=O. The summed E-state index contributed by atoms with van der Waals surface area (Å²) in [5.74, 6) is 0. The highest BCUT2D eigenvalue weighted by atomic mass is 16.6. The van der Waals surface area contributed by atoms with Crippen molar-refractivity contribution in [1.29, 1.82) is 0 Å². The van der Waals surface area contributed by atoms with Crippen molar-refractivity contribution in [3.05, 3.63) is 32.6 Å². The predicted octanol–water partition coefficient (Wildman–Crippen LogP) is -1.89. The summed E-state index contributed by atoms with van der Waals surface area (Å²) in [6.07, 6.45) is -2.27. The maximum absolute atomic E-state index is 11.8. The number of aryl methyl sites for hydroxylation is 1. The van der Waals surface area contributed by atoms with Crippen molar-refractivity contribution in [1.82, 2.24) is 9.55 Å². The number of ether oxygens (including phenoxy) is 2. The smallest absolute Gasteiger partial charge is 0.330 e. The molecule has 106 valence electrons. The summed E-state index contributed by atoms with van der Waals surface area (Å²) in [6.45, 7) is 1.15. The van der Waals surface area contributed by atoms with E-state index in [-0.39, 0.29) is 0 Å². The lowest BCUT2D eigenvalue weighted by Crippen LogP contribution is -2.39. The van der Waals surface area contributed by atoms with Crippen LogP contribution in [-0.2, 0) is 9.47 Å². The van der Waals surface area contributed by atoms with E-state index in [2.05, 4.69) is 4.98 Å². The van der Waals surface area contributed by atoms with Gasteiger partial charge in [-0.25, -0.2) is 4.79 Å². The number of nitrogens with zero attached hydrogens (tertiary/aromatic N) is 1. The van der Waals surface area contributed by atoms with Crippen molar-refractivity contribution in [3.8, 4) is 0 Å².